The fraction of sp³-hybridized carbons (Fsp3) is 0.250. The number of rotatable bonds is 7. The number of alkyl halides is 3. The van der Waals surface area contributed by atoms with E-state index in [2.05, 4.69) is 20.7 Å². The molecule has 14 heteroatoms. The summed E-state index contributed by atoms with van der Waals surface area (Å²) >= 11 is 5.70. The van der Waals surface area contributed by atoms with Crippen molar-refractivity contribution < 1.29 is 31.9 Å². The number of hydrogen-bond acceptors (Lipinski definition) is 5. The first-order valence-electron chi connectivity index (χ1n) is 9.57. The molecule has 0 radical (unpaired) electrons. The predicted octanol–water partition coefficient (Wildman–Crippen LogP) is 3.49. The summed E-state index contributed by atoms with van der Waals surface area (Å²) in [6.45, 7) is 1.40. The SMILES string of the molecule is Cc1c(C(=O)C(=O)N[C@H](CC(F)(F)F)c2cn[nH]n2)cn(C)c1C(=O)Nc1ccc(F)c(Cl)c1. The highest BCUT2D eigenvalue weighted by Gasteiger charge is 2.36. The number of ketones is 1. The van der Waals surface area contributed by atoms with Gasteiger partial charge in [0.05, 0.1) is 23.7 Å². The molecule has 0 saturated heterocycles. The van der Waals surface area contributed by atoms with Crippen LogP contribution in [0.15, 0.2) is 30.6 Å². The first-order chi connectivity index (χ1) is 15.9. The largest absolute Gasteiger partial charge is 0.391 e. The number of nitrogens with one attached hydrogen (secondary N) is 3. The Kier molecular flexibility index (Phi) is 7.05. The molecule has 0 unspecified atom stereocenters. The number of aromatic nitrogens is 4. The number of aromatic amines is 1. The van der Waals surface area contributed by atoms with Crippen molar-refractivity contribution in [2.75, 3.05) is 5.32 Å². The molecule has 2 heterocycles. The molecule has 1 atom stereocenters. The summed E-state index contributed by atoms with van der Waals surface area (Å²) in [5.41, 5.74) is -0.0955. The van der Waals surface area contributed by atoms with Crippen LogP contribution in [0.1, 0.15) is 44.6 Å². The number of halogens is 5. The third-order valence-electron chi connectivity index (χ3n) is 4.81. The number of Topliss-reactive ketones (excluding diaryl/α,β-unsaturated/α-hetero) is 1. The maximum Gasteiger partial charge on any atom is 0.391 e. The lowest BCUT2D eigenvalue weighted by atomic mass is 10.1. The maximum atomic E-state index is 13.3. The molecule has 9 nitrogen and oxygen atoms in total. The molecule has 0 bridgehead atoms. The predicted molar refractivity (Wildman–Crippen MR) is 112 cm³/mol. The van der Waals surface area contributed by atoms with E-state index in [1.165, 1.54) is 36.9 Å². The topological polar surface area (TPSA) is 122 Å². The van der Waals surface area contributed by atoms with Gasteiger partial charge in [-0.15, -0.1) is 0 Å². The van der Waals surface area contributed by atoms with Crippen molar-refractivity contribution in [2.45, 2.75) is 25.6 Å². The minimum Gasteiger partial charge on any atom is -0.346 e. The Morgan fingerprint density at radius 1 is 1.26 bits per heavy atom. The highest BCUT2D eigenvalue weighted by molar-refractivity contribution is 6.43. The van der Waals surface area contributed by atoms with Crippen LogP contribution in [-0.2, 0) is 11.8 Å². The summed E-state index contributed by atoms with van der Waals surface area (Å²) < 4.78 is 53.4. The zero-order valence-electron chi connectivity index (χ0n) is 17.6. The summed E-state index contributed by atoms with van der Waals surface area (Å²) in [4.78, 5) is 37.9. The lowest BCUT2D eigenvalue weighted by Crippen LogP contribution is -2.37. The molecule has 0 aliphatic heterocycles. The number of hydrogen-bond donors (Lipinski definition) is 3. The van der Waals surface area contributed by atoms with Crippen molar-refractivity contribution in [3.63, 3.8) is 0 Å². The van der Waals surface area contributed by atoms with Gasteiger partial charge in [-0.05, 0) is 30.7 Å². The Labute approximate surface area is 194 Å². The second-order valence-electron chi connectivity index (χ2n) is 7.28. The summed E-state index contributed by atoms with van der Waals surface area (Å²) in [5.74, 6) is -3.82. The van der Waals surface area contributed by atoms with E-state index < -0.39 is 42.1 Å². The average molecular weight is 501 g/mol. The van der Waals surface area contributed by atoms with Crippen molar-refractivity contribution in [2.24, 2.45) is 7.05 Å². The number of nitrogens with zero attached hydrogens (tertiary/aromatic N) is 3. The maximum absolute atomic E-state index is 13.3. The zero-order chi connectivity index (χ0) is 25.2. The Morgan fingerprint density at radius 3 is 2.56 bits per heavy atom. The summed E-state index contributed by atoms with van der Waals surface area (Å²) in [6.07, 6.45) is -3.92. The molecular weight excluding hydrogens is 484 g/mol. The smallest absolute Gasteiger partial charge is 0.346 e. The quantitative estimate of drug-likeness (QED) is 0.260. The number of amides is 2. The van der Waals surface area contributed by atoms with Crippen LogP contribution in [-0.4, -0.2) is 43.8 Å². The number of aryl methyl sites for hydroxylation is 1. The molecule has 0 spiro atoms. The zero-order valence-corrected chi connectivity index (χ0v) is 18.4. The highest BCUT2D eigenvalue weighted by Crippen LogP contribution is 2.29. The van der Waals surface area contributed by atoms with Crippen LogP contribution in [0.2, 0.25) is 5.02 Å². The molecule has 180 valence electrons. The second kappa shape index (κ2) is 9.63. The van der Waals surface area contributed by atoms with Gasteiger partial charge in [0.25, 0.3) is 17.6 Å². The molecule has 3 N–H and O–H groups in total. The minimum atomic E-state index is -4.66. The molecule has 34 heavy (non-hydrogen) atoms. The Morgan fingerprint density at radius 2 is 1.97 bits per heavy atom. The summed E-state index contributed by atoms with van der Waals surface area (Å²) in [7, 11) is 1.44. The molecule has 2 aromatic heterocycles. The van der Waals surface area contributed by atoms with Crippen LogP contribution in [0, 0.1) is 12.7 Å². The molecular formula is C20H17ClF4N6O3. The van der Waals surface area contributed by atoms with Crippen LogP contribution < -0.4 is 10.6 Å². The van der Waals surface area contributed by atoms with Gasteiger partial charge in [-0.1, -0.05) is 11.6 Å². The Hall–Kier alpha value is -3.74. The summed E-state index contributed by atoms with van der Waals surface area (Å²) in [6, 6.07) is 1.88. The minimum absolute atomic E-state index is 0.0000554. The van der Waals surface area contributed by atoms with E-state index in [0.29, 0.717) is 0 Å². The third kappa shape index (κ3) is 5.60. The first kappa shape index (κ1) is 24.9. The standard InChI is InChI=1S/C20H17ClF4N6O3/c1-9-11(8-31(2)16(9)18(33)27-10-3-4-13(22)12(21)5-10)17(32)19(34)28-14(6-20(23,24)25)15-7-26-30-29-15/h3-5,7-8,14H,6H2,1-2H3,(H,27,33)(H,28,34)(H,26,29,30)/t14-/m1/s1. The van der Waals surface area contributed by atoms with Gasteiger partial charge in [0.2, 0.25) is 0 Å². The lowest BCUT2D eigenvalue weighted by molar-refractivity contribution is -0.142. The first-order valence-corrected chi connectivity index (χ1v) is 9.95. The van der Waals surface area contributed by atoms with Crippen molar-refractivity contribution in [3.8, 4) is 0 Å². The Bertz CT molecular complexity index is 1240. The van der Waals surface area contributed by atoms with Crippen LogP contribution in [0.4, 0.5) is 23.2 Å². The number of benzene rings is 1. The fourth-order valence-electron chi connectivity index (χ4n) is 3.26. The molecule has 3 aromatic rings. The number of anilines is 1. The normalized spacial score (nSPS) is 12.3. The molecule has 1 aromatic carbocycles. The number of H-pyrrole nitrogens is 1. The van der Waals surface area contributed by atoms with Gasteiger partial charge in [0.1, 0.15) is 17.2 Å². The van der Waals surface area contributed by atoms with Crippen molar-refractivity contribution in [3.05, 3.63) is 63.9 Å². The molecule has 3 rings (SSSR count). The molecule has 0 aliphatic carbocycles. The molecule has 0 fully saturated rings. The van der Waals surface area contributed by atoms with Gasteiger partial charge in [-0.25, -0.2) is 4.39 Å². The molecule has 0 saturated carbocycles. The number of carbonyl (C=O) groups is 3. The van der Waals surface area contributed by atoms with E-state index in [0.717, 1.165) is 12.3 Å². The fourth-order valence-corrected chi connectivity index (χ4v) is 3.44. The van der Waals surface area contributed by atoms with Gasteiger partial charge in [-0.3, -0.25) is 14.4 Å². The van der Waals surface area contributed by atoms with Gasteiger partial charge in [0, 0.05) is 24.5 Å². The van der Waals surface area contributed by atoms with E-state index in [1.54, 1.807) is 0 Å². The Balaban J connectivity index is 1.81. The highest BCUT2D eigenvalue weighted by atomic mass is 35.5. The van der Waals surface area contributed by atoms with E-state index in [1.807, 2.05) is 5.32 Å². The van der Waals surface area contributed by atoms with E-state index in [9.17, 15) is 31.9 Å². The average Bonchev–Trinajstić information content (AvgIpc) is 3.37. The van der Waals surface area contributed by atoms with Gasteiger partial charge < -0.3 is 15.2 Å². The third-order valence-corrected chi connectivity index (χ3v) is 5.10. The monoisotopic (exact) mass is 500 g/mol. The van der Waals surface area contributed by atoms with Crippen LogP contribution in [0.3, 0.4) is 0 Å². The van der Waals surface area contributed by atoms with Crippen LogP contribution >= 0.6 is 11.6 Å². The summed E-state index contributed by atoms with van der Waals surface area (Å²) in [5, 5.41) is 13.4. The van der Waals surface area contributed by atoms with Crippen molar-refractivity contribution >= 4 is 34.9 Å². The van der Waals surface area contributed by atoms with Gasteiger partial charge in [-0.2, -0.15) is 28.6 Å². The van der Waals surface area contributed by atoms with Crippen LogP contribution in [0.5, 0.6) is 0 Å². The molecule has 0 aliphatic rings. The van der Waals surface area contributed by atoms with Gasteiger partial charge in [0.15, 0.2) is 0 Å². The van der Waals surface area contributed by atoms with E-state index >= 15 is 0 Å². The van der Waals surface area contributed by atoms with E-state index in [4.69, 9.17) is 11.6 Å². The number of carbonyl (C=O) groups excluding carboxylic acids is 3. The van der Waals surface area contributed by atoms with Crippen LogP contribution in [0.25, 0.3) is 0 Å². The lowest BCUT2D eigenvalue weighted by Gasteiger charge is -2.17. The van der Waals surface area contributed by atoms with Gasteiger partial charge >= 0.3 is 6.18 Å². The second-order valence-corrected chi connectivity index (χ2v) is 7.69. The van der Waals surface area contributed by atoms with E-state index in [-0.39, 0.29) is 33.2 Å². The van der Waals surface area contributed by atoms with Crippen molar-refractivity contribution in [1.82, 2.24) is 25.3 Å². The van der Waals surface area contributed by atoms with Crippen molar-refractivity contribution in [1.29, 1.82) is 0 Å². The molecule has 2 amide bonds.